The van der Waals surface area contributed by atoms with Gasteiger partial charge in [0, 0.05) is 35.4 Å². The third kappa shape index (κ3) is 9.33. The Morgan fingerprint density at radius 1 is 0.954 bits per heavy atom. The van der Waals surface area contributed by atoms with Crippen LogP contribution in [0.1, 0.15) is 89.0 Å². The number of ether oxygens (including phenoxy) is 3. The van der Waals surface area contributed by atoms with Crippen LogP contribution in [-0.2, 0) is 35.3 Å². The minimum atomic E-state index is -4.56. The smallest absolute Gasteiger partial charge is 0.416 e. The lowest BCUT2D eigenvalue weighted by Crippen LogP contribution is -2.58. The lowest BCUT2D eigenvalue weighted by molar-refractivity contribution is -0.141. The first-order valence-electron chi connectivity index (χ1n) is 22.2. The van der Waals surface area contributed by atoms with Crippen LogP contribution in [0.15, 0.2) is 65.1 Å². The number of alkyl carbamates (subject to hydrolysis) is 1. The fourth-order valence-electron chi connectivity index (χ4n) is 9.24. The van der Waals surface area contributed by atoms with Gasteiger partial charge in [-0.1, -0.05) is 37.1 Å². The second-order valence-corrected chi connectivity index (χ2v) is 19.7. The minimum Gasteiger partial charge on any atom is -0.497 e. The molecule has 65 heavy (non-hydrogen) atoms. The van der Waals surface area contributed by atoms with Crippen molar-refractivity contribution in [2.75, 3.05) is 13.7 Å². The summed E-state index contributed by atoms with van der Waals surface area (Å²) in [6.07, 6.45) is 4.29. The number of allylic oxidation sites excluding steroid dienone is 1. The topological polar surface area (TPSA) is 195 Å². The van der Waals surface area contributed by atoms with E-state index in [4.69, 9.17) is 23.6 Å². The second-order valence-electron chi connectivity index (χ2n) is 17.7. The summed E-state index contributed by atoms with van der Waals surface area (Å²) < 4.78 is 92.8. The molecule has 9 rings (SSSR count). The molecule has 1 saturated heterocycles. The largest absolute Gasteiger partial charge is 0.497 e. The zero-order chi connectivity index (χ0) is 45.7. The number of rotatable bonds is 9. The molecule has 0 spiro atoms. The summed E-state index contributed by atoms with van der Waals surface area (Å²) in [6.45, 7) is -0.168. The summed E-state index contributed by atoms with van der Waals surface area (Å²) in [5.41, 5.74) is -0.923. The molecule has 3 saturated carbocycles. The van der Waals surface area contributed by atoms with Gasteiger partial charge in [0.2, 0.25) is 21.8 Å². The maximum Gasteiger partial charge on any atom is 0.416 e. The van der Waals surface area contributed by atoms with Crippen LogP contribution in [-0.4, -0.2) is 90.9 Å². The maximum atomic E-state index is 14.8. The number of halogens is 3. The highest BCUT2D eigenvalue weighted by Crippen LogP contribution is 2.46. The Bertz CT molecular complexity index is 2640. The van der Waals surface area contributed by atoms with Crippen LogP contribution < -0.4 is 24.8 Å². The van der Waals surface area contributed by atoms with Crippen molar-refractivity contribution in [3.8, 4) is 22.8 Å². The van der Waals surface area contributed by atoms with Gasteiger partial charge in [-0.15, -0.1) is 0 Å². The first kappa shape index (κ1) is 44.4. The number of aromatic nitrogens is 1. The van der Waals surface area contributed by atoms with Gasteiger partial charge in [0.05, 0.1) is 30.2 Å². The summed E-state index contributed by atoms with van der Waals surface area (Å²) in [6, 6.07) is 8.78. The number of hydrogen-bond donors (Lipinski definition) is 3. The first-order chi connectivity index (χ1) is 31.1. The predicted molar refractivity (Wildman–Crippen MR) is 230 cm³/mol. The van der Waals surface area contributed by atoms with Crippen LogP contribution in [0, 0.1) is 5.92 Å². The van der Waals surface area contributed by atoms with Crippen LogP contribution in [0.25, 0.3) is 33.3 Å². The van der Waals surface area contributed by atoms with Crippen molar-refractivity contribution in [2.24, 2.45) is 5.92 Å². The van der Waals surface area contributed by atoms with E-state index in [-0.39, 0.29) is 48.9 Å². The highest BCUT2D eigenvalue weighted by atomic mass is 32.2. The highest BCUT2D eigenvalue weighted by Gasteiger charge is 2.62. The Morgan fingerprint density at radius 2 is 1.71 bits per heavy atom. The third-order valence-electron chi connectivity index (χ3n) is 13.1. The molecule has 19 heteroatoms. The molecule has 2 aliphatic heterocycles. The molecule has 2 aromatic carbocycles. The van der Waals surface area contributed by atoms with Crippen molar-refractivity contribution in [1.29, 1.82) is 0 Å². The minimum absolute atomic E-state index is 0.108. The Kier molecular flexibility index (Phi) is 11.9. The molecule has 4 fully saturated rings. The van der Waals surface area contributed by atoms with E-state index in [1.54, 1.807) is 18.2 Å². The number of carbonyl (C=O) groups excluding carboxylic acids is 4. The van der Waals surface area contributed by atoms with E-state index in [1.807, 2.05) is 12.2 Å². The van der Waals surface area contributed by atoms with Crippen molar-refractivity contribution < 1.29 is 59.4 Å². The number of nitrogens with zero attached hydrogens (tertiary/aromatic N) is 2. The number of methoxy groups -OCH3 is 1. The normalized spacial score (nSPS) is 26.1. The summed E-state index contributed by atoms with van der Waals surface area (Å²) >= 11 is 0. The lowest BCUT2D eigenvalue weighted by atomic mass is 10.0. The van der Waals surface area contributed by atoms with E-state index in [2.05, 4.69) is 15.4 Å². The number of hydrogen-bond acceptors (Lipinski definition) is 11. The number of fused-ring (bicyclic) bond motifs is 5. The molecule has 346 valence electrons. The SMILES string of the molecule is COc1ccc2c(c1)oc1c(O[C@@H]3C[C@H]4C(=O)N[C@]5(C(=O)NS(=O)(=O)C6CC6)C[C@H]5/C=C\CCCCC[C@H](NC(=O)OC5CCCC5)C(=O)N4C3)cc(-c3ccc(C(F)(F)F)cc3)nc12. The molecule has 3 aliphatic carbocycles. The molecular formula is C46H50F3N5O10S. The van der Waals surface area contributed by atoms with Crippen molar-refractivity contribution in [1.82, 2.24) is 25.2 Å². The Labute approximate surface area is 372 Å². The van der Waals surface area contributed by atoms with Crippen molar-refractivity contribution in [3.63, 3.8) is 0 Å². The van der Waals surface area contributed by atoms with Crippen molar-refractivity contribution in [3.05, 3.63) is 66.2 Å². The average molecular weight is 922 g/mol. The highest BCUT2D eigenvalue weighted by molar-refractivity contribution is 7.91. The van der Waals surface area contributed by atoms with Gasteiger partial charge >= 0.3 is 12.3 Å². The molecule has 2 aromatic heterocycles. The molecule has 15 nitrogen and oxygen atoms in total. The van der Waals surface area contributed by atoms with Crippen LogP contribution in [0.4, 0.5) is 18.0 Å². The Morgan fingerprint density at radius 3 is 2.43 bits per heavy atom. The number of carbonyl (C=O) groups is 4. The molecule has 0 radical (unpaired) electrons. The van der Waals surface area contributed by atoms with E-state index < -0.39 is 80.5 Å². The number of furan rings is 1. The fourth-order valence-corrected chi connectivity index (χ4v) is 10.6. The van der Waals surface area contributed by atoms with E-state index in [9.17, 15) is 40.8 Å². The summed E-state index contributed by atoms with van der Waals surface area (Å²) in [5.74, 6) is -2.04. The number of nitrogens with one attached hydrogen (secondary N) is 3. The number of pyridine rings is 1. The zero-order valence-corrected chi connectivity index (χ0v) is 36.5. The zero-order valence-electron chi connectivity index (χ0n) is 35.7. The van der Waals surface area contributed by atoms with Crippen molar-refractivity contribution >= 4 is 55.9 Å². The molecule has 4 amide bonds. The monoisotopic (exact) mass is 921 g/mol. The Hall–Kier alpha value is -5.85. The fraction of sp³-hybridized carbons (Fsp3) is 0.500. The number of benzene rings is 2. The molecule has 4 aromatic rings. The van der Waals surface area contributed by atoms with Crippen LogP contribution in [0.5, 0.6) is 11.5 Å². The summed E-state index contributed by atoms with van der Waals surface area (Å²) in [7, 11) is -2.48. The van der Waals surface area contributed by atoms with Gasteiger partial charge in [-0.25, -0.2) is 18.2 Å². The summed E-state index contributed by atoms with van der Waals surface area (Å²) in [4.78, 5) is 62.8. The Balaban J connectivity index is 1.07. The molecule has 4 heterocycles. The van der Waals surface area contributed by atoms with Gasteiger partial charge < -0.3 is 34.2 Å². The van der Waals surface area contributed by atoms with Gasteiger partial charge in [0.15, 0.2) is 11.3 Å². The summed E-state index contributed by atoms with van der Waals surface area (Å²) in [5, 5.41) is 5.51. The predicted octanol–water partition coefficient (Wildman–Crippen LogP) is 7.06. The molecule has 0 unspecified atom stereocenters. The van der Waals surface area contributed by atoms with E-state index in [0.29, 0.717) is 72.7 Å². The number of amides is 4. The van der Waals surface area contributed by atoms with Crippen LogP contribution in [0.2, 0.25) is 0 Å². The second kappa shape index (κ2) is 17.5. The quantitative estimate of drug-likeness (QED) is 0.145. The molecule has 3 N–H and O–H groups in total. The number of sulfonamides is 1. The van der Waals surface area contributed by atoms with E-state index >= 15 is 0 Å². The molecule has 5 atom stereocenters. The van der Waals surface area contributed by atoms with E-state index in [1.165, 1.54) is 30.2 Å². The van der Waals surface area contributed by atoms with Crippen LogP contribution in [0.3, 0.4) is 0 Å². The van der Waals surface area contributed by atoms with Gasteiger partial charge in [0.1, 0.15) is 46.7 Å². The van der Waals surface area contributed by atoms with Gasteiger partial charge in [-0.05, 0) is 88.5 Å². The van der Waals surface area contributed by atoms with E-state index in [0.717, 1.165) is 31.4 Å². The van der Waals surface area contributed by atoms with Gasteiger partial charge in [-0.3, -0.25) is 19.1 Å². The van der Waals surface area contributed by atoms with Gasteiger partial charge in [-0.2, -0.15) is 13.2 Å². The maximum absolute atomic E-state index is 14.8. The third-order valence-corrected chi connectivity index (χ3v) is 14.9. The first-order valence-corrected chi connectivity index (χ1v) is 23.7. The average Bonchev–Trinajstić information content (AvgIpc) is 4.09. The van der Waals surface area contributed by atoms with Crippen molar-refractivity contribution in [2.45, 2.75) is 125 Å². The van der Waals surface area contributed by atoms with Crippen LogP contribution >= 0.6 is 0 Å². The molecule has 5 aliphatic rings. The molecule has 0 bridgehead atoms. The molecular weight excluding hydrogens is 872 g/mol. The number of alkyl halides is 3. The standard InChI is InChI=1S/C46H50F3N5O10S/c1-61-30-17-20-33-37(22-30)64-40-38(23-35(50-39(33)40)26-13-15-27(16-14-26)46(47,48)49)62-31-21-36-41(55)52-45(43(57)53-65(59,60)32-18-19-32)24-28(45)9-5-3-2-4-6-12-34(42(56)54(36)25-31)51-44(58)63-29-10-7-8-11-29/h5,9,13-17,20,22-23,28-29,31-32,34,36H,2-4,6-8,10-12,18-19,21,24-25H2,1H3,(H,51,58)(H,52,55)(H,53,57)/b9-5-/t28-,31-,34+,36+,45-/m1/s1. The van der Waals surface area contributed by atoms with Gasteiger partial charge in [0.25, 0.3) is 5.91 Å². The lowest BCUT2D eigenvalue weighted by Gasteiger charge is -2.30.